The number of piperidine rings is 1. The van der Waals surface area contributed by atoms with Crippen molar-refractivity contribution in [3.05, 3.63) is 0 Å². The normalized spacial score (nSPS) is 21.9. The molecule has 1 N–H and O–H groups in total. The molecule has 1 unspecified atom stereocenters. The van der Waals surface area contributed by atoms with Gasteiger partial charge >= 0.3 is 0 Å². The van der Waals surface area contributed by atoms with Gasteiger partial charge in [-0.1, -0.05) is 13.3 Å². The van der Waals surface area contributed by atoms with E-state index in [2.05, 4.69) is 17.1 Å². The van der Waals surface area contributed by atoms with Crippen molar-refractivity contribution in [1.29, 1.82) is 0 Å². The molecule has 1 heterocycles. The van der Waals surface area contributed by atoms with E-state index in [1.165, 1.54) is 25.5 Å². The van der Waals surface area contributed by atoms with Gasteiger partial charge in [0.1, 0.15) is 9.84 Å². The van der Waals surface area contributed by atoms with Gasteiger partial charge in [-0.15, -0.1) is 0 Å². The second-order valence-corrected chi connectivity index (χ2v) is 7.34. The van der Waals surface area contributed by atoms with E-state index in [0.29, 0.717) is 12.6 Å². The highest BCUT2D eigenvalue weighted by atomic mass is 32.2. The summed E-state index contributed by atoms with van der Waals surface area (Å²) in [5.41, 5.74) is 0. The van der Waals surface area contributed by atoms with Gasteiger partial charge in [0.25, 0.3) is 0 Å². The van der Waals surface area contributed by atoms with Gasteiger partial charge in [-0.25, -0.2) is 8.42 Å². The molecule has 17 heavy (non-hydrogen) atoms. The number of nitrogens with one attached hydrogen (secondary N) is 1. The monoisotopic (exact) mass is 262 g/mol. The lowest BCUT2D eigenvalue weighted by Crippen LogP contribution is -2.45. The van der Waals surface area contributed by atoms with Crippen LogP contribution in [0.15, 0.2) is 0 Å². The third-order valence-corrected chi connectivity index (χ3v) is 4.13. The van der Waals surface area contributed by atoms with Crippen LogP contribution >= 0.6 is 0 Å². The van der Waals surface area contributed by atoms with Crippen LogP contribution in [0.5, 0.6) is 0 Å². The van der Waals surface area contributed by atoms with E-state index in [0.717, 1.165) is 26.1 Å². The molecule has 0 radical (unpaired) electrons. The minimum Gasteiger partial charge on any atom is -0.313 e. The van der Waals surface area contributed by atoms with Crippen molar-refractivity contribution >= 4 is 9.84 Å². The molecular weight excluding hydrogens is 236 g/mol. The third-order valence-electron chi connectivity index (χ3n) is 3.21. The maximum atomic E-state index is 11.2. The fourth-order valence-electron chi connectivity index (χ4n) is 2.30. The van der Waals surface area contributed by atoms with Crippen molar-refractivity contribution in [2.45, 2.75) is 38.6 Å². The summed E-state index contributed by atoms with van der Waals surface area (Å²) in [4.78, 5) is 2.28. The van der Waals surface area contributed by atoms with Crippen LogP contribution < -0.4 is 5.32 Å². The van der Waals surface area contributed by atoms with E-state index >= 15 is 0 Å². The first-order chi connectivity index (χ1) is 8.01. The lowest BCUT2D eigenvalue weighted by Gasteiger charge is -2.30. The van der Waals surface area contributed by atoms with Crippen molar-refractivity contribution in [2.24, 2.45) is 0 Å². The zero-order valence-electron chi connectivity index (χ0n) is 11.1. The number of hydrogen-bond acceptors (Lipinski definition) is 4. The van der Waals surface area contributed by atoms with Gasteiger partial charge in [-0.3, -0.25) is 0 Å². The zero-order valence-corrected chi connectivity index (χ0v) is 11.9. The SMILES string of the molecule is CCCN(CCS(C)(=O)=O)CC1CCCCN1. The number of sulfone groups is 1. The molecule has 0 saturated carbocycles. The van der Waals surface area contributed by atoms with Crippen LogP contribution in [0.25, 0.3) is 0 Å². The van der Waals surface area contributed by atoms with Crippen molar-refractivity contribution in [3.63, 3.8) is 0 Å². The highest BCUT2D eigenvalue weighted by molar-refractivity contribution is 7.90. The maximum absolute atomic E-state index is 11.2. The Balaban J connectivity index is 2.36. The zero-order chi connectivity index (χ0) is 12.7. The standard InChI is InChI=1S/C12H26N2O2S/c1-3-8-14(9-10-17(2,15)16)11-12-6-4-5-7-13-12/h12-13H,3-11H2,1-2H3. The van der Waals surface area contributed by atoms with Gasteiger partial charge < -0.3 is 10.2 Å². The summed E-state index contributed by atoms with van der Waals surface area (Å²) in [5.74, 6) is 0.278. The number of rotatable bonds is 7. The largest absolute Gasteiger partial charge is 0.313 e. The Hall–Kier alpha value is -0.130. The Morgan fingerprint density at radius 3 is 2.59 bits per heavy atom. The molecule has 0 aromatic heterocycles. The smallest absolute Gasteiger partial charge is 0.148 e. The fourth-order valence-corrected chi connectivity index (χ4v) is 2.89. The molecule has 1 fully saturated rings. The van der Waals surface area contributed by atoms with E-state index in [-0.39, 0.29) is 5.75 Å². The Labute approximate surface area is 106 Å². The average Bonchev–Trinajstić information content (AvgIpc) is 2.27. The highest BCUT2D eigenvalue weighted by Crippen LogP contribution is 2.09. The van der Waals surface area contributed by atoms with Gasteiger partial charge in [0, 0.05) is 25.4 Å². The summed E-state index contributed by atoms with van der Waals surface area (Å²) in [5, 5.41) is 3.51. The van der Waals surface area contributed by atoms with Gasteiger partial charge in [0.05, 0.1) is 5.75 Å². The predicted molar refractivity (Wildman–Crippen MR) is 72.1 cm³/mol. The Bertz CT molecular complexity index is 298. The first kappa shape index (κ1) is 14.9. The first-order valence-electron chi connectivity index (χ1n) is 6.64. The second-order valence-electron chi connectivity index (χ2n) is 5.08. The highest BCUT2D eigenvalue weighted by Gasteiger charge is 2.17. The summed E-state index contributed by atoms with van der Waals surface area (Å²) in [6.45, 7) is 5.90. The van der Waals surface area contributed by atoms with Crippen LogP contribution in [0, 0.1) is 0 Å². The van der Waals surface area contributed by atoms with Crippen molar-refractivity contribution in [2.75, 3.05) is 38.2 Å². The maximum Gasteiger partial charge on any atom is 0.148 e. The van der Waals surface area contributed by atoms with E-state index in [9.17, 15) is 8.42 Å². The van der Waals surface area contributed by atoms with Gasteiger partial charge in [-0.2, -0.15) is 0 Å². The molecule has 0 aromatic rings. The third kappa shape index (κ3) is 7.01. The van der Waals surface area contributed by atoms with E-state index < -0.39 is 9.84 Å². The first-order valence-corrected chi connectivity index (χ1v) is 8.71. The molecule has 0 spiro atoms. The predicted octanol–water partition coefficient (Wildman–Crippen LogP) is 0.885. The summed E-state index contributed by atoms with van der Waals surface area (Å²) in [6, 6.07) is 0.551. The molecule has 0 amide bonds. The van der Waals surface area contributed by atoms with Crippen LogP contribution in [0.2, 0.25) is 0 Å². The summed E-state index contributed by atoms with van der Waals surface area (Å²) in [6.07, 6.45) is 6.18. The lowest BCUT2D eigenvalue weighted by atomic mass is 10.0. The van der Waals surface area contributed by atoms with Crippen molar-refractivity contribution in [3.8, 4) is 0 Å². The summed E-state index contributed by atoms with van der Waals surface area (Å²) in [7, 11) is -2.84. The molecule has 1 saturated heterocycles. The minimum atomic E-state index is -2.84. The molecule has 5 heteroatoms. The topological polar surface area (TPSA) is 49.4 Å². The Kier molecular flexibility index (Phi) is 6.44. The molecule has 0 bridgehead atoms. The van der Waals surface area contributed by atoms with Crippen molar-refractivity contribution in [1.82, 2.24) is 10.2 Å². The van der Waals surface area contributed by atoms with Crippen LogP contribution in [-0.2, 0) is 9.84 Å². The average molecular weight is 262 g/mol. The van der Waals surface area contributed by atoms with Crippen LogP contribution in [0.1, 0.15) is 32.6 Å². The van der Waals surface area contributed by atoms with E-state index in [1.807, 2.05) is 0 Å². The quantitative estimate of drug-likeness (QED) is 0.740. The molecule has 1 atom stereocenters. The summed E-state index contributed by atoms with van der Waals surface area (Å²) >= 11 is 0. The van der Waals surface area contributed by atoms with Crippen LogP contribution in [0.3, 0.4) is 0 Å². The van der Waals surface area contributed by atoms with Gasteiger partial charge in [0.15, 0.2) is 0 Å². The molecule has 0 aliphatic carbocycles. The summed E-state index contributed by atoms with van der Waals surface area (Å²) < 4.78 is 22.4. The van der Waals surface area contributed by atoms with E-state index in [4.69, 9.17) is 0 Å². The van der Waals surface area contributed by atoms with E-state index in [1.54, 1.807) is 0 Å². The molecule has 1 rings (SSSR count). The molecule has 1 aliphatic heterocycles. The molecule has 4 nitrogen and oxygen atoms in total. The fraction of sp³-hybridized carbons (Fsp3) is 1.00. The minimum absolute atomic E-state index is 0.278. The second kappa shape index (κ2) is 7.34. The van der Waals surface area contributed by atoms with Crippen LogP contribution in [0.4, 0.5) is 0 Å². The lowest BCUT2D eigenvalue weighted by molar-refractivity contribution is 0.234. The number of nitrogens with zero attached hydrogens (tertiary/aromatic N) is 1. The van der Waals surface area contributed by atoms with Gasteiger partial charge in [-0.05, 0) is 32.4 Å². The van der Waals surface area contributed by atoms with Crippen LogP contribution in [-0.4, -0.2) is 57.5 Å². The number of hydrogen-bond donors (Lipinski definition) is 1. The van der Waals surface area contributed by atoms with Crippen molar-refractivity contribution < 1.29 is 8.42 Å². The van der Waals surface area contributed by atoms with Gasteiger partial charge in [0.2, 0.25) is 0 Å². The molecular formula is C12H26N2O2S. The Morgan fingerprint density at radius 1 is 1.29 bits per heavy atom. The Morgan fingerprint density at radius 2 is 2.06 bits per heavy atom. The molecule has 102 valence electrons. The molecule has 0 aromatic carbocycles. The molecule has 1 aliphatic rings.